The molecule has 0 N–H and O–H groups in total. The predicted molar refractivity (Wildman–Crippen MR) is 105 cm³/mol. The van der Waals surface area contributed by atoms with Crippen molar-refractivity contribution < 1.29 is 0 Å². The third kappa shape index (κ3) is 2.95. The Morgan fingerprint density at radius 3 is 2.13 bits per heavy atom. The average molecular weight is 321 g/mol. The highest BCUT2D eigenvalue weighted by atomic mass is 28.3. The molecule has 0 aromatic heterocycles. The van der Waals surface area contributed by atoms with Gasteiger partial charge in [-0.2, -0.15) is 0 Å². The lowest BCUT2D eigenvalue weighted by atomic mass is 9.99. The van der Waals surface area contributed by atoms with Crippen molar-refractivity contribution in [2.24, 2.45) is 0 Å². The van der Waals surface area contributed by atoms with Crippen molar-refractivity contribution >= 4 is 13.6 Å². The minimum atomic E-state index is -1.46. The van der Waals surface area contributed by atoms with Gasteiger partial charge in [-0.1, -0.05) is 94.5 Å². The highest BCUT2D eigenvalue weighted by Gasteiger charge is 2.44. The smallest absolute Gasteiger partial charge is 0.0649 e. The Bertz CT molecular complexity index is 717. The second-order valence-electron chi connectivity index (χ2n) is 8.39. The molecule has 1 atom stereocenters. The first kappa shape index (κ1) is 16.3. The van der Waals surface area contributed by atoms with E-state index in [1.807, 2.05) is 0 Å². The van der Waals surface area contributed by atoms with Crippen molar-refractivity contribution in [2.75, 3.05) is 0 Å². The van der Waals surface area contributed by atoms with Gasteiger partial charge in [-0.25, -0.2) is 0 Å². The highest BCUT2D eigenvalue weighted by molar-refractivity contribution is 6.82. The van der Waals surface area contributed by atoms with E-state index in [1.165, 1.54) is 16.7 Å². The van der Waals surface area contributed by atoms with Crippen LogP contribution in [0.1, 0.15) is 43.0 Å². The summed E-state index contributed by atoms with van der Waals surface area (Å²) in [6.07, 6.45) is 3.64. The van der Waals surface area contributed by atoms with Crippen molar-refractivity contribution in [1.29, 1.82) is 0 Å². The maximum Gasteiger partial charge on any atom is 0.0649 e. The van der Waals surface area contributed by atoms with Crippen molar-refractivity contribution in [1.82, 2.24) is 0 Å². The van der Waals surface area contributed by atoms with Crippen molar-refractivity contribution in [3.63, 3.8) is 0 Å². The minimum absolute atomic E-state index is 0.392. The molecule has 0 amide bonds. The van der Waals surface area contributed by atoms with Crippen LogP contribution in [0.4, 0.5) is 0 Å². The summed E-state index contributed by atoms with van der Waals surface area (Å²) in [5, 5.41) is 0.392. The lowest BCUT2D eigenvalue weighted by Gasteiger charge is -2.41. The molecule has 120 valence electrons. The lowest BCUT2D eigenvalue weighted by Crippen LogP contribution is -2.42. The molecule has 0 fully saturated rings. The number of allylic oxidation sites excluding steroid dienone is 2. The van der Waals surface area contributed by atoms with Gasteiger partial charge in [0.15, 0.2) is 0 Å². The highest BCUT2D eigenvalue weighted by Crippen LogP contribution is 2.50. The van der Waals surface area contributed by atoms with Crippen LogP contribution in [0, 0.1) is 0 Å². The zero-order chi connectivity index (χ0) is 16.7. The maximum absolute atomic E-state index is 2.59. The molecule has 23 heavy (non-hydrogen) atoms. The molecule has 0 bridgehead atoms. The van der Waals surface area contributed by atoms with E-state index >= 15 is 0 Å². The van der Waals surface area contributed by atoms with Gasteiger partial charge < -0.3 is 0 Å². The van der Waals surface area contributed by atoms with E-state index < -0.39 is 8.07 Å². The Balaban J connectivity index is 2.03. The molecule has 0 aliphatic heterocycles. The number of hydrogen-bond donors (Lipinski definition) is 0. The first-order valence-electron chi connectivity index (χ1n) is 8.64. The molecule has 1 heteroatoms. The summed E-state index contributed by atoms with van der Waals surface area (Å²) in [6, 6.07) is 19.9. The second-order valence-corrected chi connectivity index (χ2v) is 14.0. The summed E-state index contributed by atoms with van der Waals surface area (Å²) in [5.74, 6) is 0. The molecule has 0 heterocycles. The van der Waals surface area contributed by atoms with Crippen LogP contribution < -0.4 is 0 Å². The molecule has 0 saturated carbocycles. The molecule has 1 aliphatic carbocycles. The molecule has 1 aliphatic rings. The third-order valence-corrected chi connectivity index (χ3v) is 11.9. The topological polar surface area (TPSA) is 0 Å². The van der Waals surface area contributed by atoms with Crippen LogP contribution in [-0.4, -0.2) is 8.07 Å². The van der Waals surface area contributed by atoms with Gasteiger partial charge in [0.25, 0.3) is 0 Å². The average Bonchev–Trinajstić information content (AvgIpc) is 2.87. The van der Waals surface area contributed by atoms with Gasteiger partial charge in [0.1, 0.15) is 0 Å². The number of fused-ring (bicyclic) bond motifs is 1. The molecule has 2 aromatic carbocycles. The van der Waals surface area contributed by atoms with Gasteiger partial charge in [-0.15, -0.1) is 0 Å². The van der Waals surface area contributed by atoms with Crippen LogP contribution in [0.3, 0.4) is 0 Å². The standard InChI is InChI=1S/C22H28Si/c1-22(2,3)23(4,5)21-16-18(15-17-11-7-6-8-12-17)19-13-9-10-14-20(19)21/h6-14,16,21H,15H2,1-5H3. The molecule has 2 aromatic rings. The van der Waals surface area contributed by atoms with Gasteiger partial charge in [0.2, 0.25) is 0 Å². The van der Waals surface area contributed by atoms with E-state index in [0.717, 1.165) is 6.42 Å². The molecule has 0 saturated heterocycles. The first-order valence-corrected chi connectivity index (χ1v) is 11.7. The van der Waals surface area contributed by atoms with E-state index in [0.29, 0.717) is 10.6 Å². The Kier molecular flexibility index (Phi) is 4.10. The van der Waals surface area contributed by atoms with Gasteiger partial charge >= 0.3 is 0 Å². The van der Waals surface area contributed by atoms with Crippen molar-refractivity contribution in [2.45, 2.75) is 50.9 Å². The van der Waals surface area contributed by atoms with Crippen molar-refractivity contribution in [3.8, 4) is 0 Å². The fraction of sp³-hybridized carbons (Fsp3) is 0.364. The monoisotopic (exact) mass is 320 g/mol. The molecule has 0 radical (unpaired) electrons. The summed E-state index contributed by atoms with van der Waals surface area (Å²) in [5.41, 5.74) is 6.58. The fourth-order valence-corrected chi connectivity index (χ4v) is 6.06. The predicted octanol–water partition coefficient (Wildman–Crippen LogP) is 6.46. The minimum Gasteiger partial charge on any atom is -0.0755 e. The van der Waals surface area contributed by atoms with E-state index in [4.69, 9.17) is 0 Å². The Morgan fingerprint density at radius 2 is 1.48 bits per heavy atom. The van der Waals surface area contributed by atoms with Gasteiger partial charge in [-0.05, 0) is 39.3 Å². The first-order chi connectivity index (χ1) is 10.8. The second kappa shape index (κ2) is 5.79. The van der Waals surface area contributed by atoms with Gasteiger partial charge in [-0.3, -0.25) is 0 Å². The summed E-state index contributed by atoms with van der Waals surface area (Å²) in [7, 11) is -1.46. The summed E-state index contributed by atoms with van der Waals surface area (Å²) < 4.78 is 0. The molecular formula is C22H28Si. The fourth-order valence-electron chi connectivity index (χ4n) is 3.47. The quantitative estimate of drug-likeness (QED) is 0.569. The van der Waals surface area contributed by atoms with E-state index in [2.05, 4.69) is 94.5 Å². The van der Waals surface area contributed by atoms with Crippen LogP contribution in [0.2, 0.25) is 18.1 Å². The Morgan fingerprint density at radius 1 is 0.870 bits per heavy atom. The molecule has 0 nitrogen and oxygen atoms in total. The van der Waals surface area contributed by atoms with Crippen molar-refractivity contribution in [3.05, 3.63) is 77.4 Å². The van der Waals surface area contributed by atoms with Crippen LogP contribution in [0.5, 0.6) is 0 Å². The normalized spacial score (nSPS) is 17.8. The lowest BCUT2D eigenvalue weighted by molar-refractivity contribution is 0.705. The molecular weight excluding hydrogens is 292 g/mol. The number of rotatable bonds is 3. The van der Waals surface area contributed by atoms with Crippen LogP contribution in [0.15, 0.2) is 60.7 Å². The number of benzene rings is 2. The Hall–Kier alpha value is -1.60. The largest absolute Gasteiger partial charge is 0.0755 e. The Labute approximate surface area is 142 Å². The van der Waals surface area contributed by atoms with E-state index in [1.54, 1.807) is 5.56 Å². The molecule has 3 rings (SSSR count). The number of hydrogen-bond acceptors (Lipinski definition) is 0. The molecule has 1 unspecified atom stereocenters. The summed E-state index contributed by atoms with van der Waals surface area (Å²) in [6.45, 7) is 12.4. The SMILES string of the molecule is CC(C)(C)[Si](C)(C)C1C=C(Cc2ccccc2)c2ccccc21. The van der Waals surface area contributed by atoms with Crippen LogP contribution in [0.25, 0.3) is 5.57 Å². The third-order valence-electron chi connectivity index (χ3n) is 5.96. The maximum atomic E-state index is 2.59. The molecule has 0 spiro atoms. The van der Waals surface area contributed by atoms with Gasteiger partial charge in [0.05, 0.1) is 8.07 Å². The van der Waals surface area contributed by atoms with Gasteiger partial charge in [0, 0.05) is 0 Å². The zero-order valence-electron chi connectivity index (χ0n) is 15.1. The van der Waals surface area contributed by atoms with Crippen LogP contribution in [-0.2, 0) is 6.42 Å². The van der Waals surface area contributed by atoms with E-state index in [-0.39, 0.29) is 0 Å². The zero-order valence-corrected chi connectivity index (χ0v) is 16.1. The summed E-state index contributed by atoms with van der Waals surface area (Å²) in [4.78, 5) is 0. The van der Waals surface area contributed by atoms with Crippen LogP contribution >= 0.6 is 0 Å². The van der Waals surface area contributed by atoms with E-state index in [9.17, 15) is 0 Å². The summed E-state index contributed by atoms with van der Waals surface area (Å²) >= 11 is 0.